The second kappa shape index (κ2) is 21.4. The third kappa shape index (κ3) is 11.2. The zero-order valence-corrected chi connectivity index (χ0v) is 38.3. The zero-order chi connectivity index (χ0) is 43.4. The van der Waals surface area contributed by atoms with E-state index in [4.69, 9.17) is 0 Å². The number of rotatable bonds is 21. The van der Waals surface area contributed by atoms with Gasteiger partial charge in [0.25, 0.3) is 5.01 Å². The Bertz CT molecular complexity index is 2490. The standard InChI is InChI=1S/C52H63N7O2S/c1-55(2)42-27-25-40-35-41-26-28-43(56(3)4)38-48(41)59(47(40)37-42)33-18-7-10-24-51(61)54-31-16-8-15-30-53-50(60)23-9-6-17-32-58-34-29-39(44-19-11-12-20-45(44)58)36-52-57(5)46-21-13-14-22-49(46)62-52/h11-14,19-22,25-29,34-38H,6-10,15-18,23-24,30-33H2,1-5H3/p+2. The van der Waals surface area contributed by atoms with Crippen LogP contribution >= 0.6 is 11.3 Å². The number of para-hydroxylation sites is 2. The fourth-order valence-corrected chi connectivity index (χ4v) is 9.52. The van der Waals surface area contributed by atoms with Crippen LogP contribution in [0.1, 0.15) is 81.2 Å². The Balaban J connectivity index is 0.743. The number of carbonyl (C=O) groups is 2. The summed E-state index contributed by atoms with van der Waals surface area (Å²) in [4.78, 5) is 31.8. The second-order valence-electron chi connectivity index (χ2n) is 17.0. The third-order valence-electron chi connectivity index (χ3n) is 12.0. The molecular weight excluding hydrogens is 787 g/mol. The maximum Gasteiger partial charge on any atom is 0.263 e. The molecule has 0 radical (unpaired) electrons. The van der Waals surface area contributed by atoms with E-state index in [9.17, 15) is 9.59 Å². The minimum Gasteiger partial charge on any atom is -0.377 e. The molecule has 0 saturated heterocycles. The molecule has 6 aromatic rings. The summed E-state index contributed by atoms with van der Waals surface area (Å²) in [6.45, 7) is 3.20. The number of nitrogens with zero attached hydrogens (tertiary/aromatic N) is 5. The van der Waals surface area contributed by atoms with Crippen molar-refractivity contribution in [3.8, 4) is 0 Å². The van der Waals surface area contributed by atoms with E-state index in [1.165, 1.54) is 65.2 Å². The van der Waals surface area contributed by atoms with Gasteiger partial charge in [-0.25, -0.2) is 0 Å². The highest BCUT2D eigenvalue weighted by molar-refractivity contribution is 7.18. The van der Waals surface area contributed by atoms with Crippen molar-refractivity contribution in [3.63, 3.8) is 0 Å². The van der Waals surface area contributed by atoms with Crippen molar-refractivity contribution in [3.05, 3.63) is 114 Å². The summed E-state index contributed by atoms with van der Waals surface area (Å²) >= 11 is 1.82. The lowest BCUT2D eigenvalue weighted by atomic mass is 9.99. The van der Waals surface area contributed by atoms with Crippen molar-refractivity contribution in [2.45, 2.75) is 77.2 Å². The molecule has 2 amide bonds. The lowest BCUT2D eigenvalue weighted by molar-refractivity contribution is -0.645. The number of allylic oxidation sites excluding steroid dienone is 2. The van der Waals surface area contributed by atoms with E-state index in [0.29, 0.717) is 25.9 Å². The van der Waals surface area contributed by atoms with E-state index < -0.39 is 0 Å². The molecular formula is C52H65N7O2S+2. The minimum atomic E-state index is 0.132. The molecule has 62 heavy (non-hydrogen) atoms. The van der Waals surface area contributed by atoms with E-state index in [2.05, 4.69) is 179 Å². The molecule has 2 aromatic heterocycles. The number of carbonyl (C=O) groups excluding carboxylic acids is 2. The Kier molecular flexibility index (Phi) is 15.3. The summed E-state index contributed by atoms with van der Waals surface area (Å²) in [5, 5.41) is 9.92. The highest BCUT2D eigenvalue weighted by atomic mass is 32.1. The first kappa shape index (κ1) is 44.3. The Morgan fingerprint density at radius 3 is 1.90 bits per heavy atom. The average molecular weight is 852 g/mol. The first-order valence-corrected chi connectivity index (χ1v) is 23.4. The first-order chi connectivity index (χ1) is 30.2. The normalized spacial score (nSPS) is 13.0. The molecule has 0 atom stereocenters. The van der Waals surface area contributed by atoms with Crippen LogP contribution in [-0.2, 0) is 23.2 Å². The quantitative estimate of drug-likeness (QED) is 0.0429. The molecule has 1 aliphatic rings. The van der Waals surface area contributed by atoms with Crippen molar-refractivity contribution in [1.29, 1.82) is 0 Å². The molecule has 1 aliphatic heterocycles. The molecule has 0 spiro atoms. The second-order valence-corrected chi connectivity index (χ2v) is 18.1. The van der Waals surface area contributed by atoms with Crippen molar-refractivity contribution < 1.29 is 18.7 Å². The summed E-state index contributed by atoms with van der Waals surface area (Å²) in [6, 6.07) is 32.9. The van der Waals surface area contributed by atoms with Crippen LogP contribution in [0.4, 0.5) is 17.1 Å². The van der Waals surface area contributed by atoms with E-state index in [1.807, 2.05) is 11.3 Å². The molecule has 0 aliphatic carbocycles. The molecule has 324 valence electrons. The number of benzene rings is 4. The maximum absolute atomic E-state index is 12.6. The molecule has 0 fully saturated rings. The fraction of sp³-hybridized carbons (Fsp3) is 0.385. The van der Waals surface area contributed by atoms with Crippen molar-refractivity contribution in [2.24, 2.45) is 7.05 Å². The summed E-state index contributed by atoms with van der Waals surface area (Å²) in [7, 11) is 10.5. The van der Waals surface area contributed by atoms with E-state index in [1.54, 1.807) is 0 Å². The maximum atomic E-state index is 12.6. The Labute approximate surface area is 372 Å². The number of pyridine rings is 1. The van der Waals surface area contributed by atoms with Gasteiger partial charge in [0.1, 0.15) is 18.3 Å². The van der Waals surface area contributed by atoms with Crippen LogP contribution in [0.2, 0.25) is 0 Å². The van der Waals surface area contributed by atoms with Gasteiger partial charge in [0.2, 0.25) is 28.4 Å². The molecule has 9 nitrogen and oxygen atoms in total. The Morgan fingerprint density at radius 2 is 1.26 bits per heavy atom. The van der Waals surface area contributed by atoms with Gasteiger partial charge in [-0.05, 0) is 99.1 Å². The number of thiazole rings is 1. The van der Waals surface area contributed by atoms with Crippen molar-refractivity contribution in [2.75, 3.05) is 62.5 Å². The van der Waals surface area contributed by atoms with Gasteiger partial charge in [0, 0.05) is 131 Å². The van der Waals surface area contributed by atoms with Gasteiger partial charge >= 0.3 is 0 Å². The van der Waals surface area contributed by atoms with Gasteiger partial charge < -0.3 is 25.3 Å². The summed E-state index contributed by atoms with van der Waals surface area (Å²) in [5.74, 6) is 0.265. The van der Waals surface area contributed by atoms with Gasteiger partial charge in [-0.3, -0.25) is 9.59 Å². The number of anilines is 3. The largest absolute Gasteiger partial charge is 0.377 e. The lowest BCUT2D eigenvalue weighted by Gasteiger charge is -2.27. The lowest BCUT2D eigenvalue weighted by Crippen LogP contribution is -2.36. The average Bonchev–Trinajstić information content (AvgIpc) is 3.59. The number of aromatic nitrogens is 2. The summed E-state index contributed by atoms with van der Waals surface area (Å²) in [6.07, 6.45) is 16.5. The molecule has 10 heteroatoms. The van der Waals surface area contributed by atoms with Crippen LogP contribution in [0.15, 0.2) is 103 Å². The summed E-state index contributed by atoms with van der Waals surface area (Å²) in [5.41, 5.74) is 9.81. The molecule has 7 rings (SSSR count). The topological polar surface area (TPSA) is 75.7 Å². The predicted molar refractivity (Wildman–Crippen MR) is 261 cm³/mol. The monoisotopic (exact) mass is 851 g/mol. The Morgan fingerprint density at radius 1 is 0.661 bits per heavy atom. The molecule has 4 aromatic carbocycles. The molecule has 3 heterocycles. The molecule has 0 unspecified atom stereocenters. The number of nitrogens with one attached hydrogen (secondary N) is 2. The van der Waals surface area contributed by atoms with Gasteiger partial charge in [-0.1, -0.05) is 48.1 Å². The van der Waals surface area contributed by atoms with Crippen molar-refractivity contribution in [1.82, 2.24) is 10.6 Å². The van der Waals surface area contributed by atoms with Crippen LogP contribution < -0.4 is 34.5 Å². The Hall–Kier alpha value is -5.74. The number of amides is 2. The summed E-state index contributed by atoms with van der Waals surface area (Å²) < 4.78 is 6.02. The number of fused-ring (bicyclic) bond motifs is 4. The molecule has 0 bridgehead atoms. The van der Waals surface area contributed by atoms with Gasteiger partial charge in [0.15, 0.2) is 0 Å². The molecule has 2 N–H and O–H groups in total. The number of unbranched alkanes of at least 4 members (excludes halogenated alkanes) is 6. The van der Waals surface area contributed by atoms with Crippen LogP contribution in [0, 0.1) is 0 Å². The smallest absolute Gasteiger partial charge is 0.263 e. The van der Waals surface area contributed by atoms with E-state index in [0.717, 1.165) is 70.9 Å². The zero-order valence-electron chi connectivity index (χ0n) is 37.5. The minimum absolute atomic E-state index is 0.132. The van der Waals surface area contributed by atoms with Gasteiger partial charge in [-0.2, -0.15) is 9.13 Å². The molecule has 0 saturated carbocycles. The van der Waals surface area contributed by atoms with Gasteiger partial charge in [-0.15, -0.1) is 0 Å². The fourth-order valence-electron chi connectivity index (χ4n) is 8.42. The SMILES string of the molecule is CN(C)c1ccc2cc3ccc(N(C)C)cc3[n+](CCCCCC(=O)NCCCCCNC(=O)CCCCCN3C=CC(=Cc4sc5ccccc5[n+]4C)c4ccccc43)c2c1. The van der Waals surface area contributed by atoms with Crippen LogP contribution in [-0.4, -0.2) is 59.6 Å². The number of hydrogen-bond acceptors (Lipinski definition) is 6. The number of hydrogen-bond donors (Lipinski definition) is 2. The predicted octanol–water partition coefficient (Wildman–Crippen LogP) is 9.55. The first-order valence-electron chi connectivity index (χ1n) is 22.6. The third-order valence-corrected chi connectivity index (χ3v) is 13.2. The van der Waals surface area contributed by atoms with E-state index >= 15 is 0 Å². The van der Waals surface area contributed by atoms with Crippen LogP contribution in [0.5, 0.6) is 0 Å². The van der Waals surface area contributed by atoms with E-state index in [-0.39, 0.29) is 11.8 Å². The highest BCUT2D eigenvalue weighted by Crippen LogP contribution is 2.35. The van der Waals surface area contributed by atoms with Crippen LogP contribution in [0.25, 0.3) is 43.7 Å². The van der Waals surface area contributed by atoms with Gasteiger partial charge in [0.05, 0.1) is 0 Å². The number of aryl methyl sites for hydroxylation is 2. The van der Waals surface area contributed by atoms with Crippen LogP contribution in [0.3, 0.4) is 0 Å². The highest BCUT2D eigenvalue weighted by Gasteiger charge is 2.21. The van der Waals surface area contributed by atoms with Crippen molar-refractivity contribution >= 4 is 83.9 Å².